The summed E-state index contributed by atoms with van der Waals surface area (Å²) < 4.78 is 6.23. The number of aryl methyl sites for hydroxylation is 1. The molecule has 2 aliphatic carbocycles. The standard InChI is InChI=1S/C17H25NO/c1-2-13-6-8-14(9-7-13)19-16-12-15(18)17(16)10-4-3-5-11-17/h6-9,15-16H,2-5,10-12,18H2,1H3. The zero-order valence-electron chi connectivity index (χ0n) is 11.9. The number of rotatable bonds is 3. The lowest BCUT2D eigenvalue weighted by molar-refractivity contribution is -0.0898. The van der Waals surface area contributed by atoms with E-state index >= 15 is 0 Å². The maximum Gasteiger partial charge on any atom is 0.119 e. The average Bonchev–Trinajstić information content (AvgIpc) is 2.48. The highest BCUT2D eigenvalue weighted by Crippen LogP contribution is 2.52. The van der Waals surface area contributed by atoms with E-state index < -0.39 is 0 Å². The highest BCUT2D eigenvalue weighted by Gasteiger charge is 2.54. The molecule has 1 spiro atoms. The quantitative estimate of drug-likeness (QED) is 0.898. The number of hydrogen-bond acceptors (Lipinski definition) is 2. The molecule has 0 bridgehead atoms. The molecule has 104 valence electrons. The molecule has 3 rings (SSSR count). The van der Waals surface area contributed by atoms with Gasteiger partial charge in [-0.2, -0.15) is 0 Å². The average molecular weight is 259 g/mol. The first-order valence-electron chi connectivity index (χ1n) is 7.76. The van der Waals surface area contributed by atoms with Crippen LogP contribution in [-0.4, -0.2) is 12.1 Å². The van der Waals surface area contributed by atoms with Crippen LogP contribution < -0.4 is 10.5 Å². The minimum absolute atomic E-state index is 0.279. The predicted octanol–water partition coefficient (Wildman–Crippen LogP) is 3.68. The predicted molar refractivity (Wildman–Crippen MR) is 78.3 cm³/mol. The second-order valence-corrected chi connectivity index (χ2v) is 6.24. The summed E-state index contributed by atoms with van der Waals surface area (Å²) in [4.78, 5) is 0. The van der Waals surface area contributed by atoms with Crippen LogP contribution in [0.1, 0.15) is 51.0 Å². The van der Waals surface area contributed by atoms with Gasteiger partial charge in [-0.1, -0.05) is 38.3 Å². The van der Waals surface area contributed by atoms with E-state index in [2.05, 4.69) is 31.2 Å². The Kier molecular flexibility index (Phi) is 3.53. The Morgan fingerprint density at radius 1 is 1.16 bits per heavy atom. The Bertz CT molecular complexity index is 419. The Labute approximate surface area is 116 Å². The summed E-state index contributed by atoms with van der Waals surface area (Å²) in [6.45, 7) is 2.18. The second-order valence-electron chi connectivity index (χ2n) is 6.24. The molecule has 0 aromatic heterocycles. The molecule has 0 saturated heterocycles. The van der Waals surface area contributed by atoms with Crippen molar-refractivity contribution in [2.45, 2.75) is 64.0 Å². The highest BCUT2D eigenvalue weighted by molar-refractivity contribution is 5.28. The SMILES string of the molecule is CCc1ccc(OC2CC(N)C23CCCCC3)cc1. The van der Waals surface area contributed by atoms with Crippen LogP contribution in [0, 0.1) is 5.41 Å². The molecule has 2 heteroatoms. The van der Waals surface area contributed by atoms with E-state index in [1.54, 1.807) is 0 Å². The van der Waals surface area contributed by atoms with Crippen LogP contribution in [0.15, 0.2) is 24.3 Å². The Morgan fingerprint density at radius 3 is 2.42 bits per heavy atom. The van der Waals surface area contributed by atoms with Gasteiger partial charge in [0.2, 0.25) is 0 Å². The van der Waals surface area contributed by atoms with Crippen LogP contribution >= 0.6 is 0 Å². The van der Waals surface area contributed by atoms with E-state index in [0.29, 0.717) is 12.1 Å². The molecule has 0 aliphatic heterocycles. The van der Waals surface area contributed by atoms with Crippen molar-refractivity contribution in [2.75, 3.05) is 0 Å². The molecule has 2 atom stereocenters. The molecule has 1 aromatic carbocycles. The summed E-state index contributed by atoms with van der Waals surface area (Å²) in [5, 5.41) is 0. The monoisotopic (exact) mass is 259 g/mol. The number of ether oxygens (including phenoxy) is 1. The van der Waals surface area contributed by atoms with Gasteiger partial charge in [0.25, 0.3) is 0 Å². The molecule has 0 radical (unpaired) electrons. The summed E-state index contributed by atoms with van der Waals surface area (Å²) in [5.74, 6) is 1.01. The Hall–Kier alpha value is -1.02. The molecular weight excluding hydrogens is 234 g/mol. The lowest BCUT2D eigenvalue weighted by Crippen LogP contribution is -2.64. The van der Waals surface area contributed by atoms with E-state index in [9.17, 15) is 0 Å². The van der Waals surface area contributed by atoms with Crippen molar-refractivity contribution < 1.29 is 4.74 Å². The van der Waals surface area contributed by atoms with Crippen molar-refractivity contribution in [1.82, 2.24) is 0 Å². The number of benzene rings is 1. The normalized spacial score (nSPS) is 28.9. The summed E-state index contributed by atoms with van der Waals surface area (Å²) >= 11 is 0. The Balaban J connectivity index is 1.68. The third-order valence-electron chi connectivity index (χ3n) is 5.24. The van der Waals surface area contributed by atoms with Gasteiger partial charge in [0.15, 0.2) is 0 Å². The van der Waals surface area contributed by atoms with Gasteiger partial charge in [-0.3, -0.25) is 0 Å². The third-order valence-corrected chi connectivity index (χ3v) is 5.24. The van der Waals surface area contributed by atoms with E-state index in [1.165, 1.54) is 37.7 Å². The van der Waals surface area contributed by atoms with E-state index in [4.69, 9.17) is 10.5 Å². The molecule has 1 aromatic rings. The molecule has 2 fully saturated rings. The zero-order valence-corrected chi connectivity index (χ0v) is 11.9. The van der Waals surface area contributed by atoms with Gasteiger partial charge < -0.3 is 10.5 Å². The summed E-state index contributed by atoms with van der Waals surface area (Å²) in [6.07, 6.45) is 8.97. The fourth-order valence-corrected chi connectivity index (χ4v) is 3.81. The smallest absolute Gasteiger partial charge is 0.119 e. The summed E-state index contributed by atoms with van der Waals surface area (Å²) in [6, 6.07) is 8.91. The van der Waals surface area contributed by atoms with Crippen LogP contribution in [-0.2, 0) is 6.42 Å². The first-order chi connectivity index (χ1) is 9.24. The molecule has 2 aliphatic rings. The Morgan fingerprint density at radius 2 is 1.84 bits per heavy atom. The van der Waals surface area contributed by atoms with Gasteiger partial charge in [-0.25, -0.2) is 0 Å². The van der Waals surface area contributed by atoms with Crippen LogP contribution in [0.25, 0.3) is 0 Å². The van der Waals surface area contributed by atoms with E-state index in [-0.39, 0.29) is 5.41 Å². The first-order valence-corrected chi connectivity index (χ1v) is 7.76. The molecule has 19 heavy (non-hydrogen) atoms. The highest BCUT2D eigenvalue weighted by atomic mass is 16.5. The maximum absolute atomic E-state index is 6.30. The van der Waals surface area contributed by atoms with Crippen molar-refractivity contribution in [3.63, 3.8) is 0 Å². The topological polar surface area (TPSA) is 35.2 Å². The summed E-state index contributed by atoms with van der Waals surface area (Å²) in [5.41, 5.74) is 7.94. The van der Waals surface area contributed by atoms with Gasteiger partial charge in [0.1, 0.15) is 11.9 Å². The van der Waals surface area contributed by atoms with Crippen molar-refractivity contribution in [2.24, 2.45) is 11.1 Å². The zero-order chi connectivity index (χ0) is 13.3. The first kappa shape index (κ1) is 13.0. The molecule has 2 nitrogen and oxygen atoms in total. The van der Waals surface area contributed by atoms with Crippen molar-refractivity contribution in [1.29, 1.82) is 0 Å². The molecular formula is C17H25NO. The van der Waals surface area contributed by atoms with Crippen molar-refractivity contribution >= 4 is 0 Å². The lowest BCUT2D eigenvalue weighted by Gasteiger charge is -2.56. The summed E-state index contributed by atoms with van der Waals surface area (Å²) in [7, 11) is 0. The lowest BCUT2D eigenvalue weighted by atomic mass is 9.55. The van der Waals surface area contributed by atoms with Crippen LogP contribution in [0.3, 0.4) is 0 Å². The largest absolute Gasteiger partial charge is 0.490 e. The fraction of sp³-hybridized carbons (Fsp3) is 0.647. The molecule has 0 amide bonds. The molecule has 2 N–H and O–H groups in total. The van der Waals surface area contributed by atoms with Gasteiger partial charge in [0, 0.05) is 17.9 Å². The molecule has 2 saturated carbocycles. The fourth-order valence-electron chi connectivity index (χ4n) is 3.81. The molecule has 0 heterocycles. The van der Waals surface area contributed by atoms with E-state index in [0.717, 1.165) is 18.6 Å². The van der Waals surface area contributed by atoms with Gasteiger partial charge in [0.05, 0.1) is 0 Å². The minimum atomic E-state index is 0.279. The van der Waals surface area contributed by atoms with Crippen molar-refractivity contribution in [3.8, 4) is 5.75 Å². The van der Waals surface area contributed by atoms with Gasteiger partial charge in [-0.05, 0) is 37.0 Å². The van der Waals surface area contributed by atoms with E-state index in [1.807, 2.05) is 0 Å². The third kappa shape index (κ3) is 2.27. The van der Waals surface area contributed by atoms with Crippen LogP contribution in [0.5, 0.6) is 5.75 Å². The van der Waals surface area contributed by atoms with Crippen LogP contribution in [0.2, 0.25) is 0 Å². The molecule has 2 unspecified atom stereocenters. The minimum Gasteiger partial charge on any atom is -0.490 e. The maximum atomic E-state index is 6.30. The number of hydrogen-bond donors (Lipinski definition) is 1. The van der Waals surface area contributed by atoms with Crippen LogP contribution in [0.4, 0.5) is 0 Å². The van der Waals surface area contributed by atoms with Gasteiger partial charge in [-0.15, -0.1) is 0 Å². The second kappa shape index (κ2) is 5.16. The van der Waals surface area contributed by atoms with Gasteiger partial charge >= 0.3 is 0 Å². The van der Waals surface area contributed by atoms with Crippen molar-refractivity contribution in [3.05, 3.63) is 29.8 Å². The number of nitrogens with two attached hydrogens (primary N) is 1.